The van der Waals surface area contributed by atoms with E-state index < -0.39 is 0 Å². The summed E-state index contributed by atoms with van der Waals surface area (Å²) in [5.41, 5.74) is 15.2. The molecule has 0 unspecified atom stereocenters. The van der Waals surface area contributed by atoms with E-state index in [1.54, 1.807) is 0 Å². The van der Waals surface area contributed by atoms with Crippen molar-refractivity contribution in [3.8, 4) is 22.6 Å². The van der Waals surface area contributed by atoms with Crippen LogP contribution < -0.4 is 20.9 Å². The van der Waals surface area contributed by atoms with Crippen LogP contribution in [0.1, 0.15) is 27.7 Å². The first-order chi connectivity index (χ1) is 10.4. The minimum absolute atomic E-state index is 0.0730. The molecule has 2 aromatic carbocycles. The van der Waals surface area contributed by atoms with Gasteiger partial charge in [-0.1, -0.05) is 12.1 Å². The topological polar surface area (TPSA) is 70.5 Å². The first-order valence-electron chi connectivity index (χ1n) is 7.49. The van der Waals surface area contributed by atoms with Crippen molar-refractivity contribution in [2.45, 2.75) is 39.9 Å². The lowest BCUT2D eigenvalue weighted by molar-refractivity contribution is 0.243. The zero-order valence-electron chi connectivity index (χ0n) is 13.6. The van der Waals surface area contributed by atoms with Gasteiger partial charge in [-0.25, -0.2) is 0 Å². The fourth-order valence-corrected chi connectivity index (χ4v) is 2.14. The standard InChI is InChI=1S/C18H24N2O2/c1-11(2)21-17-9-13(5-7-15(17)19)14-6-8-16(20)18(10-14)22-12(3)4/h5-12H,19-20H2,1-4H3. The highest BCUT2D eigenvalue weighted by molar-refractivity contribution is 5.73. The van der Waals surface area contributed by atoms with Gasteiger partial charge in [-0.05, 0) is 63.1 Å². The van der Waals surface area contributed by atoms with Crippen molar-refractivity contribution in [1.82, 2.24) is 0 Å². The predicted octanol–water partition coefficient (Wildman–Crippen LogP) is 4.09. The van der Waals surface area contributed by atoms with Gasteiger partial charge in [0.05, 0.1) is 23.6 Å². The summed E-state index contributed by atoms with van der Waals surface area (Å²) in [6.07, 6.45) is 0.146. The summed E-state index contributed by atoms with van der Waals surface area (Å²) in [5.74, 6) is 1.38. The van der Waals surface area contributed by atoms with E-state index in [1.165, 1.54) is 0 Å². The molecule has 118 valence electrons. The highest BCUT2D eigenvalue weighted by Crippen LogP contribution is 2.33. The maximum atomic E-state index is 5.97. The third-order valence-corrected chi connectivity index (χ3v) is 3.09. The molecule has 0 amide bonds. The Morgan fingerprint density at radius 2 is 1.05 bits per heavy atom. The molecule has 0 saturated heterocycles. The molecule has 4 N–H and O–H groups in total. The van der Waals surface area contributed by atoms with E-state index in [4.69, 9.17) is 20.9 Å². The zero-order valence-corrected chi connectivity index (χ0v) is 13.6. The number of benzene rings is 2. The van der Waals surface area contributed by atoms with Crippen molar-refractivity contribution in [3.05, 3.63) is 36.4 Å². The molecular weight excluding hydrogens is 276 g/mol. The number of anilines is 2. The molecule has 0 aliphatic rings. The lowest BCUT2D eigenvalue weighted by Crippen LogP contribution is -2.08. The Labute approximate surface area is 132 Å². The second-order valence-electron chi connectivity index (χ2n) is 5.84. The average Bonchev–Trinajstić information content (AvgIpc) is 2.43. The highest BCUT2D eigenvalue weighted by atomic mass is 16.5. The summed E-state index contributed by atoms with van der Waals surface area (Å²) >= 11 is 0. The van der Waals surface area contributed by atoms with Crippen molar-refractivity contribution in [2.75, 3.05) is 11.5 Å². The molecule has 0 fully saturated rings. The van der Waals surface area contributed by atoms with Gasteiger partial charge >= 0.3 is 0 Å². The van der Waals surface area contributed by atoms with Gasteiger partial charge in [0.1, 0.15) is 11.5 Å². The van der Waals surface area contributed by atoms with E-state index in [2.05, 4.69) is 0 Å². The van der Waals surface area contributed by atoms with Crippen LogP contribution in [-0.4, -0.2) is 12.2 Å². The summed E-state index contributed by atoms with van der Waals surface area (Å²) in [4.78, 5) is 0. The molecule has 0 aromatic heterocycles. The molecule has 4 nitrogen and oxygen atoms in total. The Morgan fingerprint density at radius 3 is 1.36 bits per heavy atom. The molecule has 2 rings (SSSR count). The Hall–Kier alpha value is -2.36. The van der Waals surface area contributed by atoms with Gasteiger partial charge in [0.2, 0.25) is 0 Å². The summed E-state index contributed by atoms with van der Waals surface area (Å²) in [6, 6.07) is 11.5. The van der Waals surface area contributed by atoms with Gasteiger partial charge in [0.25, 0.3) is 0 Å². The van der Waals surface area contributed by atoms with E-state index in [0.29, 0.717) is 22.9 Å². The van der Waals surface area contributed by atoms with Gasteiger partial charge < -0.3 is 20.9 Å². The van der Waals surface area contributed by atoms with Crippen LogP contribution in [-0.2, 0) is 0 Å². The van der Waals surface area contributed by atoms with Crippen molar-refractivity contribution in [3.63, 3.8) is 0 Å². The predicted molar refractivity (Wildman–Crippen MR) is 92.2 cm³/mol. The van der Waals surface area contributed by atoms with E-state index >= 15 is 0 Å². The second kappa shape index (κ2) is 6.60. The number of ether oxygens (including phenoxy) is 2. The van der Waals surface area contributed by atoms with Crippen LogP contribution in [0.3, 0.4) is 0 Å². The quantitative estimate of drug-likeness (QED) is 0.816. The molecule has 0 radical (unpaired) electrons. The second-order valence-corrected chi connectivity index (χ2v) is 5.84. The number of nitrogen functional groups attached to an aromatic ring is 2. The van der Waals surface area contributed by atoms with Crippen molar-refractivity contribution < 1.29 is 9.47 Å². The molecule has 0 aliphatic heterocycles. The molecule has 4 heteroatoms. The molecule has 0 atom stereocenters. The van der Waals surface area contributed by atoms with Gasteiger partial charge in [-0.3, -0.25) is 0 Å². The Balaban J connectivity index is 2.39. The Morgan fingerprint density at radius 1 is 0.682 bits per heavy atom. The molecule has 0 aliphatic carbocycles. The summed E-state index contributed by atoms with van der Waals surface area (Å²) in [6.45, 7) is 7.90. The monoisotopic (exact) mass is 300 g/mol. The minimum Gasteiger partial charge on any atom is -0.489 e. The first-order valence-corrected chi connectivity index (χ1v) is 7.49. The van der Waals surface area contributed by atoms with Gasteiger partial charge in [-0.15, -0.1) is 0 Å². The Kier molecular flexibility index (Phi) is 4.81. The number of hydrogen-bond donors (Lipinski definition) is 2. The van der Waals surface area contributed by atoms with Crippen LogP contribution in [0.25, 0.3) is 11.1 Å². The lowest BCUT2D eigenvalue weighted by Gasteiger charge is -2.15. The summed E-state index contributed by atoms with van der Waals surface area (Å²) < 4.78 is 11.5. The molecule has 0 saturated carbocycles. The van der Waals surface area contributed by atoms with E-state index in [1.807, 2.05) is 64.1 Å². The lowest BCUT2D eigenvalue weighted by atomic mass is 10.0. The largest absolute Gasteiger partial charge is 0.489 e. The van der Waals surface area contributed by atoms with Gasteiger partial charge in [0.15, 0.2) is 0 Å². The van der Waals surface area contributed by atoms with Gasteiger partial charge in [-0.2, -0.15) is 0 Å². The fourth-order valence-electron chi connectivity index (χ4n) is 2.14. The highest BCUT2D eigenvalue weighted by Gasteiger charge is 2.09. The van der Waals surface area contributed by atoms with Crippen molar-refractivity contribution in [2.24, 2.45) is 0 Å². The van der Waals surface area contributed by atoms with Crippen LogP contribution >= 0.6 is 0 Å². The molecule has 22 heavy (non-hydrogen) atoms. The van der Waals surface area contributed by atoms with Crippen molar-refractivity contribution in [1.29, 1.82) is 0 Å². The van der Waals surface area contributed by atoms with E-state index in [-0.39, 0.29) is 12.2 Å². The summed E-state index contributed by atoms with van der Waals surface area (Å²) in [7, 11) is 0. The number of hydrogen-bond acceptors (Lipinski definition) is 4. The van der Waals surface area contributed by atoms with E-state index in [9.17, 15) is 0 Å². The van der Waals surface area contributed by atoms with Crippen LogP contribution in [0, 0.1) is 0 Å². The minimum atomic E-state index is 0.0730. The van der Waals surface area contributed by atoms with E-state index in [0.717, 1.165) is 11.1 Å². The van der Waals surface area contributed by atoms with Gasteiger partial charge in [0, 0.05) is 0 Å². The molecule has 0 heterocycles. The molecular formula is C18H24N2O2. The Bertz CT molecular complexity index is 594. The van der Waals surface area contributed by atoms with Crippen LogP contribution in [0.5, 0.6) is 11.5 Å². The normalized spacial score (nSPS) is 11.0. The first kappa shape index (κ1) is 16.0. The van der Waals surface area contributed by atoms with Crippen LogP contribution in [0.15, 0.2) is 36.4 Å². The number of nitrogens with two attached hydrogens (primary N) is 2. The maximum Gasteiger partial charge on any atom is 0.143 e. The SMILES string of the molecule is CC(C)Oc1cc(-c2ccc(N)c(OC(C)C)c2)ccc1N. The maximum absolute atomic E-state index is 5.97. The fraction of sp³-hybridized carbons (Fsp3) is 0.333. The summed E-state index contributed by atoms with van der Waals surface area (Å²) in [5, 5.41) is 0. The molecule has 0 bridgehead atoms. The molecule has 0 spiro atoms. The zero-order chi connectivity index (χ0) is 16.3. The van der Waals surface area contributed by atoms with Crippen LogP contribution in [0.2, 0.25) is 0 Å². The average molecular weight is 300 g/mol. The third-order valence-electron chi connectivity index (χ3n) is 3.09. The smallest absolute Gasteiger partial charge is 0.143 e. The third kappa shape index (κ3) is 3.85. The van der Waals surface area contributed by atoms with Crippen LogP contribution in [0.4, 0.5) is 11.4 Å². The molecule has 2 aromatic rings. The van der Waals surface area contributed by atoms with Crippen molar-refractivity contribution >= 4 is 11.4 Å². The number of rotatable bonds is 5.